The second-order valence-electron chi connectivity index (χ2n) is 6.90. The van der Waals surface area contributed by atoms with Crippen molar-refractivity contribution in [2.45, 2.75) is 31.5 Å². The third-order valence-electron chi connectivity index (χ3n) is 5.31. The van der Waals surface area contributed by atoms with Gasteiger partial charge in [-0.3, -0.25) is 4.98 Å². The molecule has 3 aromatic rings. The average Bonchev–Trinajstić information content (AvgIpc) is 3.44. The molecule has 3 atom stereocenters. The number of aromatic nitrogens is 1. The zero-order valence-electron chi connectivity index (χ0n) is 15.2. The lowest BCUT2D eigenvalue weighted by Gasteiger charge is -2.30. The molecule has 2 aromatic heterocycles. The summed E-state index contributed by atoms with van der Waals surface area (Å²) >= 11 is 1.85. The molecule has 2 aliphatic heterocycles. The first-order valence-electron chi connectivity index (χ1n) is 9.40. The first-order chi connectivity index (χ1) is 13.3. The Morgan fingerprint density at radius 1 is 1.07 bits per heavy atom. The summed E-state index contributed by atoms with van der Waals surface area (Å²) in [5.41, 5.74) is 2.10. The molecule has 0 saturated carbocycles. The Bertz CT molecular complexity index is 954. The zero-order valence-corrected chi connectivity index (χ0v) is 16.0. The highest BCUT2D eigenvalue weighted by atomic mass is 32.2. The van der Waals surface area contributed by atoms with Crippen molar-refractivity contribution in [3.05, 3.63) is 78.3 Å². The van der Waals surface area contributed by atoms with Crippen molar-refractivity contribution < 1.29 is 4.42 Å². The number of benzene rings is 1. The van der Waals surface area contributed by atoms with Gasteiger partial charge in [-0.1, -0.05) is 55.1 Å². The Hall–Kier alpha value is -2.53. The number of furan rings is 1. The van der Waals surface area contributed by atoms with E-state index >= 15 is 0 Å². The van der Waals surface area contributed by atoms with E-state index in [1.54, 1.807) is 0 Å². The van der Waals surface area contributed by atoms with Gasteiger partial charge in [-0.15, -0.1) is 0 Å². The van der Waals surface area contributed by atoms with Gasteiger partial charge in [0, 0.05) is 23.6 Å². The topological polar surface area (TPSA) is 41.6 Å². The zero-order chi connectivity index (χ0) is 18.2. The lowest BCUT2D eigenvalue weighted by molar-refractivity contribution is 0.226. The van der Waals surface area contributed by atoms with E-state index in [0.717, 1.165) is 40.1 Å². The van der Waals surface area contributed by atoms with Crippen LogP contribution < -0.4 is 0 Å². The smallest absolute Gasteiger partial charge is 0.161 e. The molecule has 2 aliphatic rings. The van der Waals surface area contributed by atoms with Crippen molar-refractivity contribution in [3.63, 3.8) is 0 Å². The van der Waals surface area contributed by atoms with Crippen LogP contribution in [0.1, 0.15) is 36.9 Å². The molecular weight excluding hydrogens is 354 g/mol. The van der Waals surface area contributed by atoms with Crippen molar-refractivity contribution in [3.8, 4) is 11.3 Å². The van der Waals surface area contributed by atoms with Crippen LogP contribution >= 0.6 is 11.8 Å². The van der Waals surface area contributed by atoms with Crippen LogP contribution in [-0.2, 0) is 0 Å². The molecule has 0 amide bonds. The summed E-state index contributed by atoms with van der Waals surface area (Å²) in [4.78, 5) is 12.1. The molecule has 5 heteroatoms. The van der Waals surface area contributed by atoms with Gasteiger partial charge in [-0.25, -0.2) is 4.99 Å². The molecule has 0 N–H and O–H groups in total. The number of hydrogen-bond acceptors (Lipinski definition) is 5. The van der Waals surface area contributed by atoms with E-state index in [0.29, 0.717) is 6.04 Å². The molecule has 0 unspecified atom stereocenters. The summed E-state index contributed by atoms with van der Waals surface area (Å²) in [6.07, 6.45) is 2.95. The molecule has 5 rings (SSSR count). The van der Waals surface area contributed by atoms with Gasteiger partial charge in [0.2, 0.25) is 0 Å². The van der Waals surface area contributed by atoms with Gasteiger partial charge in [-0.05, 0) is 30.7 Å². The minimum Gasteiger partial charge on any atom is -0.459 e. The van der Waals surface area contributed by atoms with Crippen LogP contribution in [0.25, 0.3) is 11.3 Å². The number of fused-ring (bicyclic) bond motifs is 1. The Morgan fingerprint density at radius 2 is 1.93 bits per heavy atom. The van der Waals surface area contributed by atoms with Gasteiger partial charge in [0.1, 0.15) is 23.6 Å². The normalized spacial score (nSPS) is 24.1. The molecule has 0 aliphatic carbocycles. The predicted octanol–water partition coefficient (Wildman–Crippen LogP) is 5.32. The van der Waals surface area contributed by atoms with E-state index in [9.17, 15) is 0 Å². The molecule has 136 valence electrons. The molecule has 4 nitrogen and oxygen atoms in total. The quantitative estimate of drug-likeness (QED) is 0.619. The van der Waals surface area contributed by atoms with Crippen LogP contribution in [0.2, 0.25) is 0 Å². The number of rotatable bonds is 4. The van der Waals surface area contributed by atoms with Crippen LogP contribution in [0.5, 0.6) is 0 Å². The molecular formula is C22H21N3OS. The highest BCUT2D eigenvalue weighted by molar-refractivity contribution is 8.14. The first-order valence-corrected chi connectivity index (χ1v) is 10.4. The highest BCUT2D eigenvalue weighted by Crippen LogP contribution is 2.49. The van der Waals surface area contributed by atoms with Crippen molar-refractivity contribution in [1.82, 2.24) is 9.88 Å². The summed E-state index contributed by atoms with van der Waals surface area (Å²) in [5, 5.41) is 1.13. The van der Waals surface area contributed by atoms with E-state index in [1.807, 2.05) is 48.3 Å². The van der Waals surface area contributed by atoms with Gasteiger partial charge >= 0.3 is 0 Å². The lowest BCUT2D eigenvalue weighted by atomic mass is 10.0. The fraction of sp³-hybridized carbons (Fsp3) is 0.273. The second kappa shape index (κ2) is 6.89. The molecule has 1 saturated heterocycles. The lowest BCUT2D eigenvalue weighted by Crippen LogP contribution is -2.35. The molecule has 1 aromatic carbocycles. The summed E-state index contributed by atoms with van der Waals surface area (Å²) in [7, 11) is 0. The van der Waals surface area contributed by atoms with Gasteiger partial charge in [0.15, 0.2) is 5.17 Å². The van der Waals surface area contributed by atoms with Crippen LogP contribution in [0.3, 0.4) is 0 Å². The van der Waals surface area contributed by atoms with Gasteiger partial charge in [-0.2, -0.15) is 0 Å². The molecule has 0 bridgehead atoms. The summed E-state index contributed by atoms with van der Waals surface area (Å²) in [6, 6.07) is 21.0. The molecule has 0 radical (unpaired) electrons. The molecule has 4 heterocycles. The van der Waals surface area contributed by atoms with E-state index < -0.39 is 0 Å². The largest absolute Gasteiger partial charge is 0.459 e. The van der Waals surface area contributed by atoms with Gasteiger partial charge < -0.3 is 9.32 Å². The van der Waals surface area contributed by atoms with Crippen molar-refractivity contribution in [2.75, 3.05) is 5.75 Å². The van der Waals surface area contributed by atoms with Crippen LogP contribution in [0.4, 0.5) is 0 Å². The maximum Gasteiger partial charge on any atom is 0.161 e. The maximum absolute atomic E-state index is 6.35. The van der Waals surface area contributed by atoms with E-state index in [4.69, 9.17) is 9.41 Å². The standard InChI is InChI=1S/C22H21N3OS/c1-2-16-14-27-22-24-20(17-10-6-7-13-23-17)21(25(16)22)19-12-11-18(26-19)15-8-4-3-5-9-15/h3-13,16,20-21H,2,14H2,1H3/t16-,20+,21+/m1/s1. The fourth-order valence-electron chi connectivity index (χ4n) is 3.93. The third-order valence-corrected chi connectivity index (χ3v) is 6.43. The molecule has 1 fully saturated rings. The number of thioether (sulfide) groups is 1. The minimum atomic E-state index is -0.0298. The minimum absolute atomic E-state index is 0.0298. The summed E-state index contributed by atoms with van der Waals surface area (Å²) in [6.45, 7) is 2.25. The number of hydrogen-bond donors (Lipinski definition) is 0. The monoisotopic (exact) mass is 375 g/mol. The van der Waals surface area contributed by atoms with E-state index in [2.05, 4.69) is 47.1 Å². The first kappa shape index (κ1) is 16.6. The Kier molecular flexibility index (Phi) is 4.24. The Labute approximate surface area is 163 Å². The highest BCUT2D eigenvalue weighted by Gasteiger charge is 2.46. The second-order valence-corrected chi connectivity index (χ2v) is 7.89. The summed E-state index contributed by atoms with van der Waals surface area (Å²) < 4.78 is 6.35. The summed E-state index contributed by atoms with van der Waals surface area (Å²) in [5.74, 6) is 2.95. The SMILES string of the molecule is CC[C@@H]1CSC2=N[C@@H](c3ccccn3)[C@H](c3ccc(-c4ccccc4)o3)N21. The third kappa shape index (κ3) is 2.86. The fourth-order valence-corrected chi connectivity index (χ4v) is 5.27. The van der Waals surface area contributed by atoms with Crippen LogP contribution in [-0.4, -0.2) is 26.8 Å². The Morgan fingerprint density at radius 3 is 2.70 bits per heavy atom. The Balaban J connectivity index is 1.56. The number of aliphatic imine (C=N–C) groups is 1. The number of amidine groups is 1. The van der Waals surface area contributed by atoms with Crippen LogP contribution in [0.15, 0.2) is 76.3 Å². The van der Waals surface area contributed by atoms with E-state index in [1.165, 1.54) is 0 Å². The van der Waals surface area contributed by atoms with Crippen molar-refractivity contribution >= 4 is 16.9 Å². The van der Waals surface area contributed by atoms with E-state index in [-0.39, 0.29) is 12.1 Å². The van der Waals surface area contributed by atoms with Gasteiger partial charge in [0.25, 0.3) is 0 Å². The van der Waals surface area contributed by atoms with Gasteiger partial charge in [0.05, 0.1) is 5.69 Å². The predicted molar refractivity (Wildman–Crippen MR) is 110 cm³/mol. The number of pyridine rings is 1. The number of nitrogens with zero attached hydrogens (tertiary/aromatic N) is 3. The maximum atomic E-state index is 6.35. The van der Waals surface area contributed by atoms with Crippen molar-refractivity contribution in [1.29, 1.82) is 0 Å². The molecule has 0 spiro atoms. The van der Waals surface area contributed by atoms with Crippen LogP contribution in [0, 0.1) is 0 Å². The average molecular weight is 375 g/mol. The van der Waals surface area contributed by atoms with Crippen molar-refractivity contribution in [2.24, 2.45) is 4.99 Å². The molecule has 27 heavy (non-hydrogen) atoms.